The van der Waals surface area contributed by atoms with Crippen molar-refractivity contribution in [3.8, 4) is 5.75 Å². The van der Waals surface area contributed by atoms with E-state index in [1.54, 1.807) is 0 Å². The van der Waals surface area contributed by atoms with Crippen LogP contribution in [0.5, 0.6) is 5.75 Å². The van der Waals surface area contributed by atoms with E-state index in [0.717, 1.165) is 56.7 Å². The van der Waals surface area contributed by atoms with Gasteiger partial charge >= 0.3 is 0 Å². The zero-order valence-corrected chi connectivity index (χ0v) is 18.7. The van der Waals surface area contributed by atoms with E-state index in [0.29, 0.717) is 29.6 Å². The van der Waals surface area contributed by atoms with Crippen LogP contribution in [-0.4, -0.2) is 38.8 Å². The van der Waals surface area contributed by atoms with E-state index >= 15 is 0 Å². The van der Waals surface area contributed by atoms with Crippen LogP contribution in [0.3, 0.4) is 0 Å². The predicted octanol–water partition coefficient (Wildman–Crippen LogP) is 3.33. The van der Waals surface area contributed by atoms with Gasteiger partial charge in [-0.1, -0.05) is 30.3 Å². The van der Waals surface area contributed by atoms with Crippen molar-refractivity contribution in [2.24, 2.45) is 5.92 Å². The molecule has 0 radical (unpaired) electrons. The molecule has 3 heterocycles. The fraction of sp³-hybridized carbons (Fsp3) is 0.478. The highest BCUT2D eigenvalue weighted by atomic mass is 35.5. The molecule has 30 heavy (non-hydrogen) atoms. The highest BCUT2D eigenvalue weighted by molar-refractivity contribution is 7.91. The lowest BCUT2D eigenvalue weighted by atomic mass is 9.99. The molecule has 0 amide bonds. The van der Waals surface area contributed by atoms with Crippen molar-refractivity contribution >= 4 is 22.2 Å². The monoisotopic (exact) mass is 448 g/mol. The molecule has 0 bridgehead atoms. The van der Waals surface area contributed by atoms with Crippen molar-refractivity contribution in [3.63, 3.8) is 0 Å². The van der Waals surface area contributed by atoms with E-state index in [1.165, 1.54) is 11.1 Å². The van der Waals surface area contributed by atoms with Crippen molar-refractivity contribution in [2.75, 3.05) is 25.4 Å². The summed E-state index contributed by atoms with van der Waals surface area (Å²) in [4.78, 5) is 2.85. The zero-order valence-electron chi connectivity index (χ0n) is 17.1. The average Bonchev–Trinajstić information content (AvgIpc) is 3.28. The fourth-order valence-electron chi connectivity index (χ4n) is 4.87. The molecule has 3 aliphatic heterocycles. The van der Waals surface area contributed by atoms with Crippen LogP contribution in [0, 0.1) is 5.92 Å². The van der Waals surface area contributed by atoms with Crippen LogP contribution in [0.15, 0.2) is 41.3 Å². The molecule has 3 aliphatic rings. The Morgan fingerprint density at radius 2 is 1.73 bits per heavy atom. The summed E-state index contributed by atoms with van der Waals surface area (Å²) >= 11 is 0. The molecular formula is C23H29ClN2O3S. The van der Waals surface area contributed by atoms with Gasteiger partial charge in [-0.2, -0.15) is 0 Å². The van der Waals surface area contributed by atoms with Gasteiger partial charge in [-0.3, -0.25) is 4.90 Å². The Bertz CT molecular complexity index is 994. The minimum absolute atomic E-state index is 0. The summed E-state index contributed by atoms with van der Waals surface area (Å²) in [6, 6.07) is 12.5. The molecule has 162 valence electrons. The molecule has 0 aliphatic carbocycles. The lowest BCUT2D eigenvalue weighted by Crippen LogP contribution is -2.30. The van der Waals surface area contributed by atoms with Gasteiger partial charge in [0.05, 0.1) is 12.4 Å². The molecule has 0 atom stereocenters. The molecule has 0 unspecified atom stereocenters. The normalized spacial score (nSPS) is 20.4. The van der Waals surface area contributed by atoms with E-state index < -0.39 is 9.84 Å². The van der Waals surface area contributed by atoms with Crippen molar-refractivity contribution in [3.05, 3.63) is 58.7 Å². The average molecular weight is 449 g/mol. The lowest BCUT2D eigenvalue weighted by molar-refractivity contribution is 0.211. The maximum atomic E-state index is 12.8. The molecule has 2 aromatic carbocycles. The van der Waals surface area contributed by atoms with Gasteiger partial charge in [0.2, 0.25) is 0 Å². The molecular weight excluding hydrogens is 420 g/mol. The first-order valence-electron chi connectivity index (χ1n) is 10.6. The standard InChI is InChI=1S/C23H28N2O3S.ClH/c26-29(27)12-9-21-20(15-25-13-18-3-1-2-4-19(18)14-25)5-6-22(23(21)29)28-16-17-7-10-24-11-8-17;/h1-6,17,24H,7-16H2;1H. The van der Waals surface area contributed by atoms with Gasteiger partial charge in [-0.05, 0) is 66.6 Å². The van der Waals surface area contributed by atoms with Crippen molar-refractivity contribution < 1.29 is 13.2 Å². The number of halogens is 1. The van der Waals surface area contributed by atoms with Crippen molar-refractivity contribution in [1.29, 1.82) is 0 Å². The summed E-state index contributed by atoms with van der Waals surface area (Å²) in [5.74, 6) is 1.26. The van der Waals surface area contributed by atoms with E-state index in [9.17, 15) is 8.42 Å². The van der Waals surface area contributed by atoms with Crippen LogP contribution in [0.25, 0.3) is 0 Å². The number of hydrogen-bond donors (Lipinski definition) is 1. The molecule has 7 heteroatoms. The molecule has 0 aromatic heterocycles. The van der Waals surface area contributed by atoms with Crippen LogP contribution >= 0.6 is 12.4 Å². The Hall–Kier alpha value is -1.60. The maximum absolute atomic E-state index is 12.8. The molecule has 1 fully saturated rings. The molecule has 2 aromatic rings. The van der Waals surface area contributed by atoms with E-state index in [2.05, 4.69) is 40.5 Å². The maximum Gasteiger partial charge on any atom is 0.182 e. The summed E-state index contributed by atoms with van der Waals surface area (Å²) in [5, 5.41) is 3.36. The van der Waals surface area contributed by atoms with Gasteiger partial charge in [-0.15, -0.1) is 12.4 Å². The minimum atomic E-state index is -3.25. The molecule has 1 saturated heterocycles. The van der Waals surface area contributed by atoms with Gasteiger partial charge in [0.25, 0.3) is 0 Å². The number of benzene rings is 2. The summed E-state index contributed by atoms with van der Waals surface area (Å²) < 4.78 is 31.7. The Balaban J connectivity index is 0.00000218. The Morgan fingerprint density at radius 1 is 1.03 bits per heavy atom. The third-order valence-electron chi connectivity index (χ3n) is 6.49. The number of nitrogens with one attached hydrogen (secondary N) is 1. The SMILES string of the molecule is Cl.O=S1(=O)CCc2c(CN3Cc4ccccc4C3)ccc(OCC3CCNCC3)c21. The minimum Gasteiger partial charge on any atom is -0.492 e. The topological polar surface area (TPSA) is 58.6 Å². The number of ether oxygens (including phenoxy) is 1. The Kier molecular flexibility index (Phi) is 6.39. The van der Waals surface area contributed by atoms with E-state index in [4.69, 9.17) is 4.74 Å². The second-order valence-electron chi connectivity index (χ2n) is 8.52. The number of nitrogens with zero attached hydrogens (tertiary/aromatic N) is 1. The second kappa shape index (κ2) is 8.87. The van der Waals surface area contributed by atoms with Crippen LogP contribution in [-0.2, 0) is 35.9 Å². The number of hydrogen-bond acceptors (Lipinski definition) is 5. The summed E-state index contributed by atoms with van der Waals surface area (Å²) in [5.41, 5.74) is 4.85. The van der Waals surface area contributed by atoms with Gasteiger partial charge < -0.3 is 10.1 Å². The fourth-order valence-corrected chi connectivity index (χ4v) is 6.59. The summed E-state index contributed by atoms with van der Waals surface area (Å²) in [7, 11) is -3.25. The van der Waals surface area contributed by atoms with Crippen LogP contribution in [0.1, 0.15) is 35.1 Å². The Morgan fingerprint density at radius 3 is 2.43 bits per heavy atom. The highest BCUT2D eigenvalue weighted by Crippen LogP contribution is 2.38. The first kappa shape index (κ1) is 21.6. The third kappa shape index (κ3) is 4.24. The van der Waals surface area contributed by atoms with E-state index in [1.807, 2.05) is 6.07 Å². The van der Waals surface area contributed by atoms with Crippen molar-refractivity contribution in [1.82, 2.24) is 10.2 Å². The highest BCUT2D eigenvalue weighted by Gasteiger charge is 2.33. The van der Waals surface area contributed by atoms with Crippen LogP contribution < -0.4 is 10.1 Å². The van der Waals surface area contributed by atoms with Crippen molar-refractivity contribution in [2.45, 2.75) is 43.8 Å². The largest absolute Gasteiger partial charge is 0.492 e. The molecule has 5 rings (SSSR count). The lowest BCUT2D eigenvalue weighted by Gasteiger charge is -2.23. The number of piperidine rings is 1. The second-order valence-corrected chi connectivity index (χ2v) is 10.6. The predicted molar refractivity (Wildman–Crippen MR) is 120 cm³/mol. The molecule has 5 nitrogen and oxygen atoms in total. The number of sulfone groups is 1. The molecule has 0 saturated carbocycles. The smallest absolute Gasteiger partial charge is 0.182 e. The van der Waals surface area contributed by atoms with E-state index in [-0.39, 0.29) is 18.2 Å². The first-order chi connectivity index (χ1) is 14.1. The number of fused-ring (bicyclic) bond motifs is 2. The molecule has 0 spiro atoms. The summed E-state index contributed by atoms with van der Waals surface area (Å²) in [6.45, 7) is 5.26. The first-order valence-corrected chi connectivity index (χ1v) is 12.3. The van der Waals surface area contributed by atoms with Gasteiger partial charge in [0, 0.05) is 19.6 Å². The molecule has 1 N–H and O–H groups in total. The van der Waals surface area contributed by atoms with Crippen LogP contribution in [0.4, 0.5) is 0 Å². The van der Waals surface area contributed by atoms with Crippen LogP contribution in [0.2, 0.25) is 0 Å². The summed E-state index contributed by atoms with van der Waals surface area (Å²) in [6.07, 6.45) is 2.77. The van der Waals surface area contributed by atoms with Gasteiger partial charge in [-0.25, -0.2) is 8.42 Å². The quantitative estimate of drug-likeness (QED) is 0.760. The number of rotatable bonds is 5. The van der Waals surface area contributed by atoms with Gasteiger partial charge in [0.1, 0.15) is 10.6 Å². The zero-order chi connectivity index (χ0) is 19.8. The third-order valence-corrected chi connectivity index (χ3v) is 8.30. The van der Waals surface area contributed by atoms with Gasteiger partial charge in [0.15, 0.2) is 9.84 Å². The Labute approximate surface area is 185 Å².